The molecule has 4 aromatic carbocycles. The van der Waals surface area contributed by atoms with E-state index >= 15 is 4.79 Å². The zero-order valence-corrected chi connectivity index (χ0v) is 52.5. The summed E-state index contributed by atoms with van der Waals surface area (Å²) in [4.78, 5) is 63.2. The van der Waals surface area contributed by atoms with Gasteiger partial charge in [0.25, 0.3) is 5.91 Å². The Balaban J connectivity index is 0.720. The minimum absolute atomic E-state index is 0.0241. The number of nitrogens with one attached hydrogen (secondary N) is 1. The number of nitrogens with zero attached hydrogens (tertiary/aromatic N) is 9. The van der Waals surface area contributed by atoms with Crippen LogP contribution < -0.4 is 25.4 Å². The molecule has 4 aliphatic rings. The van der Waals surface area contributed by atoms with Crippen LogP contribution in [-0.2, 0) is 34.4 Å². The normalized spacial score (nSPS) is 19.8. The van der Waals surface area contributed by atoms with Crippen molar-refractivity contribution in [2.75, 3.05) is 77.2 Å². The van der Waals surface area contributed by atoms with Crippen LogP contribution in [0.4, 0.5) is 20.7 Å². The van der Waals surface area contributed by atoms with Crippen molar-refractivity contribution in [3.05, 3.63) is 152 Å². The van der Waals surface area contributed by atoms with E-state index in [9.17, 15) is 14.0 Å². The van der Waals surface area contributed by atoms with Gasteiger partial charge >= 0.3 is 6.03 Å². The van der Waals surface area contributed by atoms with Gasteiger partial charge in [-0.2, -0.15) is 5.10 Å². The molecule has 3 N–H and O–H groups in total. The first-order chi connectivity index (χ1) is 41.2. The maximum Gasteiger partial charge on any atom is 0.326 e. The van der Waals surface area contributed by atoms with Crippen molar-refractivity contribution in [2.45, 2.75) is 135 Å². The number of amidine groups is 1. The van der Waals surface area contributed by atoms with Crippen LogP contribution in [0.15, 0.2) is 102 Å². The van der Waals surface area contributed by atoms with Crippen molar-refractivity contribution in [1.29, 1.82) is 0 Å². The number of nitrogens with two attached hydrogens (primary N) is 1. The number of aliphatic imine (C=N–C) groups is 1. The molecule has 3 atom stereocenters. The van der Waals surface area contributed by atoms with E-state index in [1.165, 1.54) is 12.1 Å². The number of piperazine rings is 1. The molecule has 19 heteroatoms. The van der Waals surface area contributed by atoms with Gasteiger partial charge in [-0.05, 0) is 141 Å². The highest BCUT2D eigenvalue weighted by atomic mass is 35.5. The second kappa shape index (κ2) is 26.0. The minimum Gasteiger partial charge on any atom is -0.493 e. The van der Waals surface area contributed by atoms with Crippen LogP contribution in [0.3, 0.4) is 0 Å². The Kier molecular flexibility index (Phi) is 18.7. The highest BCUT2D eigenvalue weighted by Gasteiger charge is 2.60. The number of carbonyl (C=O) groups is 3. The fraction of sp³-hybridized carbons (Fsp3) is 0.463. The highest BCUT2D eigenvalue weighted by Crippen LogP contribution is 2.54. The maximum atomic E-state index is 15.6. The molecule has 4 aliphatic heterocycles. The molecule has 2 aromatic heterocycles. The quantitative estimate of drug-likeness (QED) is 0.0791. The summed E-state index contributed by atoms with van der Waals surface area (Å²) in [5, 5.41) is 9.24. The number of fused-ring (bicyclic) bond motifs is 8. The number of hydrogen-bond donors (Lipinski definition) is 2. The number of rotatable bonds is 18. The van der Waals surface area contributed by atoms with Gasteiger partial charge in [-0.25, -0.2) is 18.9 Å². The van der Waals surface area contributed by atoms with Crippen molar-refractivity contribution < 1.29 is 28.2 Å². The van der Waals surface area contributed by atoms with E-state index in [-0.39, 0.29) is 35.8 Å². The first-order valence-electron chi connectivity index (χ1n) is 30.4. The number of methoxy groups -OCH3 is 1. The van der Waals surface area contributed by atoms with Crippen LogP contribution in [0.25, 0.3) is 11.1 Å². The summed E-state index contributed by atoms with van der Waals surface area (Å²) in [5.74, 6) is 1.38. The second-order valence-electron chi connectivity index (χ2n) is 24.6. The van der Waals surface area contributed by atoms with Crippen LogP contribution in [0.2, 0.25) is 10.0 Å². The Labute approximate surface area is 515 Å². The van der Waals surface area contributed by atoms with Crippen LogP contribution in [0.1, 0.15) is 149 Å². The topological polar surface area (TPSA) is 167 Å². The predicted molar refractivity (Wildman–Crippen MR) is 339 cm³/mol. The van der Waals surface area contributed by atoms with Crippen LogP contribution in [0.5, 0.6) is 11.6 Å². The third-order valence-corrected chi connectivity index (χ3v) is 18.5. The Morgan fingerprint density at radius 3 is 2.20 bits per heavy atom. The smallest absolute Gasteiger partial charge is 0.326 e. The predicted octanol–water partition coefficient (Wildman–Crippen LogP) is 12.8. The van der Waals surface area contributed by atoms with E-state index in [0.29, 0.717) is 107 Å². The third-order valence-electron chi connectivity index (χ3n) is 18.0. The number of hydrogen-bond acceptors (Lipinski definition) is 11. The molecule has 6 heterocycles. The van der Waals surface area contributed by atoms with Gasteiger partial charge in [-0.15, -0.1) is 0 Å². The summed E-state index contributed by atoms with van der Waals surface area (Å²) in [6.45, 7) is 18.3. The zero-order chi connectivity index (χ0) is 61.1. The molecule has 16 nitrogen and oxygen atoms in total. The van der Waals surface area contributed by atoms with Gasteiger partial charge in [0, 0.05) is 80.1 Å². The first-order valence-corrected chi connectivity index (χ1v) is 31.2. The largest absolute Gasteiger partial charge is 0.493 e. The number of aromatic nitrogens is 3. The zero-order valence-electron chi connectivity index (χ0n) is 51.0. The molecule has 0 unspecified atom stereocenters. The van der Waals surface area contributed by atoms with Crippen molar-refractivity contribution in [1.82, 2.24) is 39.7 Å². The van der Waals surface area contributed by atoms with Gasteiger partial charge < -0.3 is 35.2 Å². The molecule has 10 rings (SSSR count). The lowest BCUT2D eigenvalue weighted by molar-refractivity contribution is -0.121. The van der Waals surface area contributed by atoms with Crippen LogP contribution in [-0.4, -0.2) is 125 Å². The number of ether oxygens (including phenoxy) is 2. The molecule has 0 aliphatic carbocycles. The molecule has 4 amide bonds. The molecular formula is C67H82Cl2FN11O5. The molecule has 2 saturated heterocycles. The highest BCUT2D eigenvalue weighted by molar-refractivity contribution is 6.30. The van der Waals surface area contributed by atoms with Crippen LogP contribution in [0, 0.1) is 5.82 Å². The van der Waals surface area contributed by atoms with Gasteiger partial charge in [0.2, 0.25) is 11.8 Å². The van der Waals surface area contributed by atoms with E-state index in [4.69, 9.17) is 48.5 Å². The van der Waals surface area contributed by atoms with Crippen molar-refractivity contribution in [3.8, 4) is 22.8 Å². The lowest BCUT2D eigenvalue weighted by Gasteiger charge is -2.47. The molecule has 456 valence electrons. The molecular weight excluding hydrogens is 1130 g/mol. The molecule has 0 radical (unpaired) electrons. The van der Waals surface area contributed by atoms with Gasteiger partial charge in [0.1, 0.15) is 34.3 Å². The molecule has 6 aromatic rings. The summed E-state index contributed by atoms with van der Waals surface area (Å²) in [5.41, 5.74) is 11.9. The van der Waals surface area contributed by atoms with Crippen molar-refractivity contribution >= 4 is 58.4 Å². The summed E-state index contributed by atoms with van der Waals surface area (Å²) >= 11 is 13.0. The average Bonchev–Trinajstić information content (AvgIpc) is 1.60. The molecule has 86 heavy (non-hydrogen) atoms. The standard InChI is InChI=1S/C67H82Cl2FN11O5/c1-9-86-57-40-47(65(2,3)4)23-29-52(57)61-74-66(5,45-19-24-48(68)25-20-45)67(6,46-21-26-49(69)27-22-46)81(61)64(84)78-37-35-77(36-38-78)32-15-13-11-10-12-14-18-58(82)72-31-34-80-63(85-8)59-44-39-56(60(71)73-42-44)79-33-16-17-55(79)53-41-50(70)28-30-51(53)62(83)76(7)43-54(59)75-80/h19-30,39-42,55H,9-18,31-38,43H2,1-8H3,(H2,71,73)(H,72,82)/t55-,66+,67-/m1/s1. The van der Waals surface area contributed by atoms with Gasteiger partial charge in [-0.3, -0.25) is 24.4 Å². The number of unbranched alkanes of at least 4 members (excludes halogenated alkanes) is 5. The Morgan fingerprint density at radius 2 is 1.51 bits per heavy atom. The van der Waals surface area contributed by atoms with E-state index in [0.717, 1.165) is 98.8 Å². The SMILES string of the molecule is CCOc1cc(C(C)(C)C)ccc1C1=N[C@@](C)(c2ccc(Cl)cc2)[C@@](C)(c2ccc(Cl)cc2)N1C(=O)N1CCN(CCCCCCCCC(=O)NCCn2nc3c(c2OC)-c2cnc(N)c(c2)N2CCC[C@@H]2c2cc(F)ccc2C(=O)N(C)C3)CC1. The van der Waals surface area contributed by atoms with Crippen molar-refractivity contribution in [2.24, 2.45) is 4.99 Å². The van der Waals surface area contributed by atoms with E-state index < -0.39 is 16.9 Å². The Hall–Kier alpha value is -7.21. The van der Waals surface area contributed by atoms with Gasteiger partial charge in [-0.1, -0.05) is 100.0 Å². The Morgan fingerprint density at radius 1 is 0.837 bits per heavy atom. The average molecular weight is 1210 g/mol. The minimum atomic E-state index is -1.01. The molecule has 0 saturated carbocycles. The monoisotopic (exact) mass is 1210 g/mol. The first kappa shape index (κ1) is 61.9. The number of carbonyl (C=O) groups excluding carboxylic acids is 3. The number of nitrogen functional groups attached to an aromatic ring is 1. The number of halogens is 3. The van der Waals surface area contributed by atoms with Gasteiger partial charge in [0.15, 0.2) is 0 Å². The van der Waals surface area contributed by atoms with E-state index in [1.807, 2.05) is 71.3 Å². The lowest BCUT2D eigenvalue weighted by Crippen LogP contribution is -2.60. The van der Waals surface area contributed by atoms with Gasteiger partial charge in [0.05, 0.1) is 55.4 Å². The summed E-state index contributed by atoms with van der Waals surface area (Å²) < 4.78 is 28.9. The number of anilines is 2. The fourth-order valence-electron chi connectivity index (χ4n) is 13.0. The second-order valence-corrected chi connectivity index (χ2v) is 25.5. The Bertz CT molecular complexity index is 3470. The third kappa shape index (κ3) is 12.5. The summed E-state index contributed by atoms with van der Waals surface area (Å²) in [7, 11) is 3.30. The number of amides is 4. The number of pyridine rings is 1. The van der Waals surface area contributed by atoms with E-state index in [2.05, 4.69) is 72.9 Å². The van der Waals surface area contributed by atoms with Crippen molar-refractivity contribution in [3.63, 3.8) is 0 Å². The fourth-order valence-corrected chi connectivity index (χ4v) is 13.3. The number of urea groups is 1. The molecule has 2 fully saturated rings. The summed E-state index contributed by atoms with van der Waals surface area (Å²) in [6.07, 6.45) is 9.67. The number of benzene rings is 4. The van der Waals surface area contributed by atoms with E-state index in [1.54, 1.807) is 36.0 Å². The lowest BCUT2D eigenvalue weighted by atomic mass is 9.71. The summed E-state index contributed by atoms with van der Waals surface area (Å²) in [6, 6.07) is 27.8. The maximum absolute atomic E-state index is 15.6. The van der Waals surface area contributed by atoms with Crippen LogP contribution >= 0.6 is 23.2 Å². The molecule has 0 spiro atoms. The molecule has 2 bridgehead atoms.